The Balaban J connectivity index is 1.36. The van der Waals surface area contributed by atoms with Crippen LogP contribution in [-0.2, 0) is 9.53 Å². The number of ether oxygens (including phenoxy) is 4. The molecule has 1 amide bonds. The number of fused-ring (bicyclic) bond motifs is 3. The lowest BCUT2D eigenvalue weighted by Crippen LogP contribution is -2.43. The van der Waals surface area contributed by atoms with E-state index in [1.165, 1.54) is 35.8 Å². The quantitative estimate of drug-likeness (QED) is 0.307. The topological polar surface area (TPSA) is 103 Å². The molecule has 3 aromatic carbocycles. The number of aliphatic carboxylic acids is 1. The van der Waals surface area contributed by atoms with Crippen LogP contribution < -0.4 is 19.5 Å². The summed E-state index contributed by atoms with van der Waals surface area (Å²) < 4.78 is 21.6. The van der Waals surface area contributed by atoms with Gasteiger partial charge in [-0.25, -0.2) is 9.59 Å². The Morgan fingerprint density at radius 2 is 1.49 bits per heavy atom. The molecule has 0 fully saturated rings. The molecule has 0 unspecified atom stereocenters. The van der Waals surface area contributed by atoms with E-state index in [-0.39, 0.29) is 18.3 Å². The molecule has 37 heavy (non-hydrogen) atoms. The monoisotopic (exact) mass is 541 g/mol. The molecular formula is C27H27NO7S2. The zero-order valence-corrected chi connectivity index (χ0v) is 22.2. The van der Waals surface area contributed by atoms with Crippen molar-refractivity contribution in [3.63, 3.8) is 0 Å². The first-order chi connectivity index (χ1) is 18.0. The summed E-state index contributed by atoms with van der Waals surface area (Å²) in [5.41, 5.74) is 4.41. The average molecular weight is 542 g/mol. The van der Waals surface area contributed by atoms with Crippen LogP contribution in [-0.4, -0.2) is 56.9 Å². The maximum atomic E-state index is 12.6. The summed E-state index contributed by atoms with van der Waals surface area (Å²) in [4.78, 5) is 25.1. The van der Waals surface area contributed by atoms with Crippen LogP contribution in [0, 0.1) is 0 Å². The predicted octanol–water partition coefficient (Wildman–Crippen LogP) is 5.44. The minimum Gasteiger partial charge on any atom is -0.496 e. The van der Waals surface area contributed by atoms with Crippen molar-refractivity contribution >= 4 is 33.7 Å². The Hall–Kier alpha value is -3.50. The molecule has 0 aromatic heterocycles. The number of carbonyl (C=O) groups excluding carboxylic acids is 1. The van der Waals surface area contributed by atoms with Crippen molar-refractivity contribution in [2.24, 2.45) is 0 Å². The molecule has 0 spiro atoms. The predicted molar refractivity (Wildman–Crippen MR) is 144 cm³/mol. The first-order valence-electron chi connectivity index (χ1n) is 11.4. The van der Waals surface area contributed by atoms with Crippen LogP contribution in [0.15, 0.2) is 65.6 Å². The molecule has 194 valence electrons. The van der Waals surface area contributed by atoms with Crippen molar-refractivity contribution in [3.8, 4) is 28.4 Å². The van der Waals surface area contributed by atoms with E-state index < -0.39 is 18.1 Å². The second-order valence-corrected chi connectivity index (χ2v) is 10.4. The van der Waals surface area contributed by atoms with Crippen LogP contribution in [0.4, 0.5) is 4.79 Å². The number of rotatable bonds is 11. The summed E-state index contributed by atoms with van der Waals surface area (Å²) in [7, 11) is 7.14. The molecule has 0 saturated carbocycles. The van der Waals surface area contributed by atoms with Gasteiger partial charge in [-0.05, 0) is 33.0 Å². The molecular weight excluding hydrogens is 514 g/mol. The summed E-state index contributed by atoms with van der Waals surface area (Å²) in [6.45, 7) is 0.105. The van der Waals surface area contributed by atoms with Crippen molar-refractivity contribution in [1.29, 1.82) is 0 Å². The Morgan fingerprint density at radius 1 is 0.919 bits per heavy atom. The number of amides is 1. The minimum absolute atomic E-state index is 0.0858. The number of methoxy groups -OCH3 is 3. The Bertz CT molecular complexity index is 1210. The number of hydrogen-bond donors (Lipinski definition) is 2. The van der Waals surface area contributed by atoms with Crippen LogP contribution >= 0.6 is 21.6 Å². The molecule has 2 N–H and O–H groups in total. The lowest BCUT2D eigenvalue weighted by molar-refractivity contribution is -0.138. The lowest BCUT2D eigenvalue weighted by Gasteiger charge is -2.18. The highest BCUT2D eigenvalue weighted by molar-refractivity contribution is 8.76. The fraction of sp³-hybridized carbons (Fsp3) is 0.259. The standard InChI is InChI=1S/C27H27NO7S2/c1-32-16-12-23(33-2)25(24(13-16)34-3)37-36-15-22(26(29)30)28-27(31)35-14-21-19-10-6-4-8-17(19)18-9-5-7-11-20(18)21/h4-13,21-22H,14-15H2,1-3H3,(H,28,31)(H,29,30)/t22-/m0/s1. The van der Waals surface area contributed by atoms with E-state index in [0.717, 1.165) is 22.3 Å². The van der Waals surface area contributed by atoms with E-state index in [1.54, 1.807) is 19.2 Å². The van der Waals surface area contributed by atoms with Crippen LogP contribution in [0.3, 0.4) is 0 Å². The van der Waals surface area contributed by atoms with Crippen molar-refractivity contribution in [2.75, 3.05) is 33.7 Å². The highest BCUT2D eigenvalue weighted by atomic mass is 33.1. The smallest absolute Gasteiger partial charge is 0.407 e. The molecule has 1 aliphatic carbocycles. The first-order valence-corrected chi connectivity index (χ1v) is 13.7. The second-order valence-electron chi connectivity index (χ2n) is 8.09. The maximum Gasteiger partial charge on any atom is 0.407 e. The van der Waals surface area contributed by atoms with Crippen LogP contribution in [0.2, 0.25) is 0 Å². The third-order valence-corrected chi connectivity index (χ3v) is 8.40. The third kappa shape index (κ3) is 5.91. The molecule has 1 aliphatic rings. The van der Waals surface area contributed by atoms with Gasteiger partial charge in [-0.2, -0.15) is 0 Å². The SMILES string of the molecule is COc1cc(OC)c(SSC[C@H](NC(=O)OCC2c3ccccc3-c3ccccc32)C(=O)O)c(OC)c1. The van der Waals surface area contributed by atoms with Gasteiger partial charge >= 0.3 is 12.1 Å². The average Bonchev–Trinajstić information content (AvgIpc) is 3.24. The van der Waals surface area contributed by atoms with Crippen LogP contribution in [0.5, 0.6) is 17.2 Å². The molecule has 10 heteroatoms. The summed E-state index contributed by atoms with van der Waals surface area (Å²) in [5.74, 6) is 0.456. The van der Waals surface area contributed by atoms with Gasteiger partial charge in [0.1, 0.15) is 34.8 Å². The molecule has 8 nitrogen and oxygen atoms in total. The van der Waals surface area contributed by atoms with Crippen molar-refractivity contribution in [2.45, 2.75) is 16.9 Å². The Kier molecular flexibility index (Phi) is 8.73. The zero-order valence-electron chi connectivity index (χ0n) is 20.6. The van der Waals surface area contributed by atoms with Gasteiger partial charge < -0.3 is 29.4 Å². The van der Waals surface area contributed by atoms with E-state index in [9.17, 15) is 14.7 Å². The number of carboxylic acid groups (broad SMARTS) is 1. The van der Waals surface area contributed by atoms with Gasteiger partial charge in [0.2, 0.25) is 0 Å². The van der Waals surface area contributed by atoms with Gasteiger partial charge in [-0.1, -0.05) is 59.3 Å². The van der Waals surface area contributed by atoms with E-state index in [0.29, 0.717) is 22.1 Å². The molecule has 0 radical (unpaired) electrons. The van der Waals surface area contributed by atoms with E-state index in [1.807, 2.05) is 36.4 Å². The number of carboxylic acids is 1. The maximum absolute atomic E-state index is 12.6. The van der Waals surface area contributed by atoms with Gasteiger partial charge in [0.15, 0.2) is 0 Å². The van der Waals surface area contributed by atoms with Gasteiger partial charge in [-0.15, -0.1) is 0 Å². The molecule has 0 bridgehead atoms. The van der Waals surface area contributed by atoms with Gasteiger partial charge in [0.05, 0.1) is 21.3 Å². The summed E-state index contributed by atoms with van der Waals surface area (Å²) >= 11 is 0. The van der Waals surface area contributed by atoms with Gasteiger partial charge in [0, 0.05) is 23.8 Å². The Morgan fingerprint density at radius 3 is 2.00 bits per heavy atom. The summed E-state index contributed by atoms with van der Waals surface area (Å²) in [6.07, 6.45) is -0.778. The van der Waals surface area contributed by atoms with Crippen molar-refractivity contribution in [3.05, 3.63) is 71.8 Å². The van der Waals surface area contributed by atoms with Crippen LogP contribution in [0.25, 0.3) is 11.1 Å². The second kappa shape index (κ2) is 12.2. The molecule has 4 rings (SSSR count). The first kappa shape index (κ1) is 26.6. The molecule has 0 aliphatic heterocycles. The molecule has 3 aromatic rings. The number of alkyl carbamates (subject to hydrolysis) is 1. The zero-order chi connectivity index (χ0) is 26.4. The lowest BCUT2D eigenvalue weighted by atomic mass is 9.98. The van der Waals surface area contributed by atoms with Crippen molar-refractivity contribution < 1.29 is 33.6 Å². The van der Waals surface area contributed by atoms with E-state index in [4.69, 9.17) is 18.9 Å². The summed E-state index contributed by atoms with van der Waals surface area (Å²) in [6, 6.07) is 18.3. The van der Waals surface area contributed by atoms with Crippen molar-refractivity contribution in [1.82, 2.24) is 5.32 Å². The number of benzene rings is 3. The summed E-state index contributed by atoms with van der Waals surface area (Å²) in [5, 5.41) is 12.1. The minimum atomic E-state index is -1.16. The van der Waals surface area contributed by atoms with E-state index in [2.05, 4.69) is 17.4 Å². The molecule has 0 heterocycles. The fourth-order valence-electron chi connectivity index (χ4n) is 4.17. The highest BCUT2D eigenvalue weighted by Crippen LogP contribution is 2.46. The van der Waals surface area contributed by atoms with Crippen LogP contribution in [0.1, 0.15) is 17.0 Å². The Labute approximate surface area is 223 Å². The highest BCUT2D eigenvalue weighted by Gasteiger charge is 2.30. The molecule has 1 atom stereocenters. The van der Waals surface area contributed by atoms with E-state index >= 15 is 0 Å². The number of carbonyl (C=O) groups is 2. The fourth-order valence-corrected chi connectivity index (χ4v) is 6.63. The normalized spacial score (nSPS) is 12.7. The van der Waals surface area contributed by atoms with Gasteiger partial charge in [-0.3, -0.25) is 0 Å². The number of nitrogens with one attached hydrogen (secondary N) is 1. The third-order valence-electron chi connectivity index (χ3n) is 5.98. The van der Waals surface area contributed by atoms with Gasteiger partial charge in [0.25, 0.3) is 0 Å². The molecule has 0 saturated heterocycles. The largest absolute Gasteiger partial charge is 0.496 e. The number of hydrogen-bond acceptors (Lipinski definition) is 8.